The Balaban J connectivity index is 0.920. The number of fused-ring (bicyclic) bond motifs is 2. The normalized spacial score (nSPS) is 16.3. The summed E-state index contributed by atoms with van der Waals surface area (Å²) in [5.74, 6) is -0.813. The van der Waals surface area contributed by atoms with Crippen LogP contribution in [0.3, 0.4) is 0 Å². The average Bonchev–Trinajstić information content (AvgIpc) is 3.89. The van der Waals surface area contributed by atoms with Crippen molar-refractivity contribution in [3.8, 4) is 5.69 Å². The number of allylic oxidation sites excluding steroid dienone is 2. The summed E-state index contributed by atoms with van der Waals surface area (Å²) in [4.78, 5) is 62.8. The van der Waals surface area contributed by atoms with Crippen LogP contribution in [-0.4, -0.2) is 103 Å². The first-order chi connectivity index (χ1) is 30.8. The first-order valence-corrected chi connectivity index (χ1v) is 22.1. The molecule has 3 unspecified atom stereocenters. The topological polar surface area (TPSA) is 181 Å². The highest BCUT2D eigenvalue weighted by Crippen LogP contribution is 2.36. The molecular weight excluding hydrogens is 799 g/mol. The van der Waals surface area contributed by atoms with Crippen LogP contribution >= 0.6 is 0 Å². The Morgan fingerprint density at radius 3 is 2.30 bits per heavy atom. The number of likely N-dealkylation sites (N-methyl/N-ethyl adjacent to an activating group) is 1. The number of ether oxygens (including phenoxy) is 2. The summed E-state index contributed by atoms with van der Waals surface area (Å²) in [6.07, 6.45) is 24.0. The Bertz CT molecular complexity index is 2240. The maximum absolute atomic E-state index is 13.5. The van der Waals surface area contributed by atoms with E-state index in [2.05, 4.69) is 60.5 Å². The number of pyridine rings is 2. The first-order valence-electron chi connectivity index (χ1n) is 22.1. The van der Waals surface area contributed by atoms with Crippen molar-refractivity contribution in [1.29, 1.82) is 0 Å². The van der Waals surface area contributed by atoms with E-state index >= 15 is 0 Å². The van der Waals surface area contributed by atoms with Gasteiger partial charge in [-0.15, -0.1) is 0 Å². The lowest BCUT2D eigenvalue weighted by molar-refractivity contribution is -0.128. The lowest BCUT2D eigenvalue weighted by Gasteiger charge is -2.27. The van der Waals surface area contributed by atoms with E-state index in [-0.39, 0.29) is 48.2 Å². The smallest absolute Gasteiger partial charge is 0.253 e. The van der Waals surface area contributed by atoms with E-state index in [1.165, 1.54) is 0 Å². The number of unbranched alkanes of at least 4 members (excludes halogenated alkanes) is 2. The summed E-state index contributed by atoms with van der Waals surface area (Å²) in [7, 11) is 1.68. The molecule has 0 saturated heterocycles. The molecule has 2 aliphatic rings. The van der Waals surface area contributed by atoms with Crippen LogP contribution in [0, 0.1) is 5.92 Å². The van der Waals surface area contributed by atoms with E-state index in [1.807, 2.05) is 71.6 Å². The zero-order valence-corrected chi connectivity index (χ0v) is 36.6. The number of nitrogens with one attached hydrogen (secondary N) is 5. The number of carbonyl (C=O) groups excluding carboxylic acids is 4. The fourth-order valence-electron chi connectivity index (χ4n) is 7.78. The molecule has 0 spiro atoms. The highest BCUT2D eigenvalue weighted by Gasteiger charge is 2.37. The molecule has 15 nitrogen and oxygen atoms in total. The second-order valence-corrected chi connectivity index (χ2v) is 15.7. The van der Waals surface area contributed by atoms with Gasteiger partial charge in [-0.1, -0.05) is 68.7 Å². The van der Waals surface area contributed by atoms with Gasteiger partial charge in [0, 0.05) is 68.0 Å². The van der Waals surface area contributed by atoms with Crippen LogP contribution in [0.15, 0.2) is 110 Å². The maximum atomic E-state index is 13.5. The van der Waals surface area contributed by atoms with E-state index in [1.54, 1.807) is 38.8 Å². The van der Waals surface area contributed by atoms with Gasteiger partial charge in [0.15, 0.2) is 0 Å². The third kappa shape index (κ3) is 12.7. The Labute approximate surface area is 369 Å². The molecule has 3 aromatic heterocycles. The van der Waals surface area contributed by atoms with Crippen LogP contribution in [0.5, 0.6) is 0 Å². The van der Waals surface area contributed by atoms with Gasteiger partial charge < -0.3 is 45.5 Å². The lowest BCUT2D eigenvalue weighted by atomic mass is 9.90. The Morgan fingerprint density at radius 2 is 1.56 bits per heavy atom. The van der Waals surface area contributed by atoms with Crippen molar-refractivity contribution in [2.75, 3.05) is 58.0 Å². The molecule has 0 fully saturated rings. The second-order valence-electron chi connectivity index (χ2n) is 15.7. The molecule has 334 valence electrons. The quantitative estimate of drug-likeness (QED) is 0.0566. The third-order valence-corrected chi connectivity index (χ3v) is 11.0. The van der Waals surface area contributed by atoms with Gasteiger partial charge in [0.25, 0.3) is 5.91 Å². The third-order valence-electron chi connectivity index (χ3n) is 11.0. The SMILES string of the molecule is CCCCC[C@H](NC(=O)C(C)NC(=O)CNC)c1cncc(-n2cc(C(=O)NCCCOCCOCCCNC(=O)C3=CN(c4cccnc4)C4C=CC=CC34)c3ccccc32)c1. The number of amides is 4. The zero-order valence-electron chi connectivity index (χ0n) is 36.6. The summed E-state index contributed by atoms with van der Waals surface area (Å²) in [6.45, 7) is 6.69. The van der Waals surface area contributed by atoms with Crippen molar-refractivity contribution in [3.63, 3.8) is 0 Å². The van der Waals surface area contributed by atoms with Crippen LogP contribution in [0.2, 0.25) is 0 Å². The number of para-hydroxylation sites is 1. The molecule has 15 heteroatoms. The van der Waals surface area contributed by atoms with Crippen molar-refractivity contribution in [2.45, 2.75) is 70.5 Å². The molecule has 5 N–H and O–H groups in total. The Morgan fingerprint density at radius 1 is 0.810 bits per heavy atom. The fourth-order valence-corrected chi connectivity index (χ4v) is 7.78. The van der Waals surface area contributed by atoms with Gasteiger partial charge >= 0.3 is 0 Å². The van der Waals surface area contributed by atoms with E-state index in [4.69, 9.17) is 9.47 Å². The summed E-state index contributed by atoms with van der Waals surface area (Å²) in [5, 5.41) is 15.5. The van der Waals surface area contributed by atoms with Gasteiger partial charge in [0.2, 0.25) is 17.7 Å². The summed E-state index contributed by atoms with van der Waals surface area (Å²) >= 11 is 0. The molecule has 1 aliphatic heterocycles. The predicted molar refractivity (Wildman–Crippen MR) is 244 cm³/mol. The van der Waals surface area contributed by atoms with Crippen molar-refractivity contribution in [3.05, 3.63) is 121 Å². The predicted octanol–water partition coefficient (Wildman–Crippen LogP) is 5.06. The van der Waals surface area contributed by atoms with Crippen molar-refractivity contribution >= 4 is 40.2 Å². The first kappa shape index (κ1) is 46.3. The molecule has 4 heterocycles. The lowest BCUT2D eigenvalue weighted by Crippen LogP contribution is -2.47. The number of carbonyl (C=O) groups is 4. The highest BCUT2D eigenvalue weighted by molar-refractivity contribution is 6.07. The summed E-state index contributed by atoms with van der Waals surface area (Å²) < 4.78 is 13.4. The monoisotopic (exact) mass is 859 g/mol. The number of hydrogen-bond acceptors (Lipinski definition) is 10. The molecule has 4 amide bonds. The van der Waals surface area contributed by atoms with Crippen LogP contribution in [0.25, 0.3) is 16.6 Å². The maximum Gasteiger partial charge on any atom is 0.253 e. The molecular formula is C48H61N9O6. The Kier molecular flexibility index (Phi) is 17.6. The molecule has 4 atom stereocenters. The number of anilines is 1. The van der Waals surface area contributed by atoms with Gasteiger partial charge in [-0.2, -0.15) is 0 Å². The minimum absolute atomic E-state index is 0.0182. The van der Waals surface area contributed by atoms with E-state index in [9.17, 15) is 19.2 Å². The largest absolute Gasteiger partial charge is 0.379 e. The second kappa shape index (κ2) is 23.9. The number of aromatic nitrogens is 3. The van der Waals surface area contributed by atoms with E-state index < -0.39 is 6.04 Å². The summed E-state index contributed by atoms with van der Waals surface area (Å²) in [6, 6.07) is 12.6. The number of rotatable bonds is 25. The molecule has 6 rings (SSSR count). The minimum Gasteiger partial charge on any atom is -0.379 e. The Hall–Kier alpha value is -6.16. The molecule has 4 aromatic rings. The number of hydrogen-bond donors (Lipinski definition) is 5. The van der Waals surface area contributed by atoms with Crippen LogP contribution in [0.4, 0.5) is 5.69 Å². The number of benzene rings is 1. The van der Waals surface area contributed by atoms with Crippen LogP contribution in [-0.2, 0) is 23.9 Å². The van der Waals surface area contributed by atoms with Gasteiger partial charge in [-0.05, 0) is 63.1 Å². The summed E-state index contributed by atoms with van der Waals surface area (Å²) in [5.41, 5.74) is 4.67. The van der Waals surface area contributed by atoms with Gasteiger partial charge in [-0.3, -0.25) is 29.1 Å². The molecule has 0 bridgehead atoms. The van der Waals surface area contributed by atoms with Crippen molar-refractivity contribution in [1.82, 2.24) is 41.1 Å². The minimum atomic E-state index is -0.706. The van der Waals surface area contributed by atoms with Crippen LogP contribution < -0.4 is 31.5 Å². The zero-order chi connectivity index (χ0) is 44.4. The van der Waals surface area contributed by atoms with Gasteiger partial charge in [0.1, 0.15) is 6.04 Å². The van der Waals surface area contributed by atoms with Crippen molar-refractivity contribution < 1.29 is 28.7 Å². The van der Waals surface area contributed by atoms with Gasteiger partial charge in [-0.25, -0.2) is 0 Å². The molecule has 0 radical (unpaired) electrons. The van der Waals surface area contributed by atoms with Gasteiger partial charge in [0.05, 0.1) is 66.7 Å². The van der Waals surface area contributed by atoms with Crippen LogP contribution in [0.1, 0.15) is 74.3 Å². The molecule has 0 saturated carbocycles. The number of nitrogens with zero attached hydrogens (tertiary/aromatic N) is 4. The standard InChI is InChI=1S/C48H61N9O6/c1-4-5-6-17-42(55-46(59)34(2)54-45(58)31-49-3)35-27-37(30-51-28-35)57-33-41(39-16-8-10-19-44(39)57)48(61)53-22-13-24-63-26-25-62-23-12-21-52-47(60)40-32-56(36-14-11-20-50-29-36)43-18-9-7-15-38(40)43/h7-11,14-16,18-20,27-30,32-34,38,42-43,49H,4-6,12-13,17,21-26,31H2,1-3H3,(H,52,60)(H,53,61)(H,54,58)(H,55,59)/t34?,38?,42-,43?/m0/s1. The van der Waals surface area contributed by atoms with E-state index in [0.29, 0.717) is 64.3 Å². The van der Waals surface area contributed by atoms with E-state index in [0.717, 1.165) is 52.7 Å². The average molecular weight is 860 g/mol. The fraction of sp³-hybridized carbons (Fsp3) is 0.417. The molecule has 1 aromatic carbocycles. The van der Waals surface area contributed by atoms with Crippen molar-refractivity contribution in [2.24, 2.45) is 5.92 Å². The molecule has 63 heavy (non-hydrogen) atoms. The highest BCUT2D eigenvalue weighted by atomic mass is 16.5. The molecule has 1 aliphatic carbocycles.